The predicted molar refractivity (Wildman–Crippen MR) is 70.9 cm³/mol. The number of hydrogen-bond acceptors (Lipinski definition) is 3. The maximum Gasteiger partial charge on any atom is 0.205 e. The predicted octanol–water partition coefficient (Wildman–Crippen LogP) is 3.40. The number of benzene rings is 1. The van der Waals surface area contributed by atoms with E-state index in [9.17, 15) is 4.79 Å². The fraction of sp³-hybridized carbons (Fsp3) is 0.357. The second kappa shape index (κ2) is 4.11. The Bertz CT molecular complexity index is 608. The number of hydrogen-bond donors (Lipinski definition) is 1. The molecule has 1 fully saturated rings. The van der Waals surface area contributed by atoms with Gasteiger partial charge in [0.05, 0.1) is 0 Å². The van der Waals surface area contributed by atoms with Gasteiger partial charge in [0.1, 0.15) is 5.58 Å². The van der Waals surface area contributed by atoms with Crippen molar-refractivity contribution in [3.8, 4) is 0 Å². The Morgan fingerprint density at radius 2 is 2.17 bits per heavy atom. The van der Waals surface area contributed by atoms with Gasteiger partial charge in [0, 0.05) is 22.4 Å². The van der Waals surface area contributed by atoms with Gasteiger partial charge in [-0.15, -0.1) is 0 Å². The van der Waals surface area contributed by atoms with Crippen molar-refractivity contribution in [3.63, 3.8) is 0 Å². The van der Waals surface area contributed by atoms with Gasteiger partial charge in [-0.3, -0.25) is 4.79 Å². The second-order valence-corrected chi connectivity index (χ2v) is 5.40. The molecule has 0 atom stereocenters. The molecule has 4 heteroatoms. The molecule has 0 unspecified atom stereocenters. The molecular weight excluding hydrogens is 250 g/mol. The maximum absolute atomic E-state index is 12.4. The van der Waals surface area contributed by atoms with E-state index in [4.69, 9.17) is 21.8 Å². The van der Waals surface area contributed by atoms with Gasteiger partial charge in [-0.2, -0.15) is 0 Å². The number of rotatable bonds is 3. The summed E-state index contributed by atoms with van der Waals surface area (Å²) in [6.07, 6.45) is 2.79. The summed E-state index contributed by atoms with van der Waals surface area (Å²) in [6, 6.07) is 7.10. The Balaban J connectivity index is 2.01. The molecule has 0 amide bonds. The lowest BCUT2D eigenvalue weighted by Gasteiger charge is -2.38. The number of Topliss-reactive ketones (excluding diaryl/α,β-unsaturated/α-hetero) is 1. The molecule has 1 aromatic heterocycles. The van der Waals surface area contributed by atoms with Crippen LogP contribution in [0.3, 0.4) is 0 Å². The average molecular weight is 264 g/mol. The molecule has 18 heavy (non-hydrogen) atoms. The molecule has 3 rings (SSSR count). The maximum atomic E-state index is 12.4. The summed E-state index contributed by atoms with van der Waals surface area (Å²) < 4.78 is 5.60. The van der Waals surface area contributed by atoms with E-state index in [1.165, 1.54) is 0 Å². The Kier molecular flexibility index (Phi) is 2.68. The highest BCUT2D eigenvalue weighted by molar-refractivity contribution is 6.31. The van der Waals surface area contributed by atoms with Gasteiger partial charge in [0.15, 0.2) is 5.76 Å². The highest BCUT2D eigenvalue weighted by atomic mass is 35.5. The first-order valence-electron chi connectivity index (χ1n) is 6.09. The number of nitrogens with two attached hydrogens (primary N) is 1. The van der Waals surface area contributed by atoms with Gasteiger partial charge < -0.3 is 10.2 Å². The molecule has 1 aliphatic rings. The Morgan fingerprint density at radius 3 is 2.78 bits per heavy atom. The molecule has 0 aliphatic heterocycles. The average Bonchev–Trinajstić information content (AvgIpc) is 2.70. The zero-order valence-corrected chi connectivity index (χ0v) is 10.7. The molecule has 1 saturated carbocycles. The SMILES string of the molecule is NCC1(C(=O)c2cc3cc(Cl)ccc3o2)CCC1. The largest absolute Gasteiger partial charge is 0.453 e. The van der Waals surface area contributed by atoms with Crippen molar-refractivity contribution < 1.29 is 9.21 Å². The van der Waals surface area contributed by atoms with Crippen LogP contribution in [0.25, 0.3) is 11.0 Å². The van der Waals surface area contributed by atoms with Crippen molar-refractivity contribution in [2.24, 2.45) is 11.1 Å². The van der Waals surface area contributed by atoms with Crippen LogP contribution in [0.2, 0.25) is 5.02 Å². The van der Waals surface area contributed by atoms with Crippen molar-refractivity contribution in [1.29, 1.82) is 0 Å². The van der Waals surface area contributed by atoms with Crippen LogP contribution in [0, 0.1) is 5.41 Å². The van der Waals surface area contributed by atoms with E-state index in [-0.39, 0.29) is 5.78 Å². The monoisotopic (exact) mass is 263 g/mol. The van der Waals surface area contributed by atoms with Crippen LogP contribution >= 0.6 is 11.6 Å². The zero-order valence-electron chi connectivity index (χ0n) is 9.91. The molecule has 3 nitrogen and oxygen atoms in total. The van der Waals surface area contributed by atoms with E-state index in [0.29, 0.717) is 22.9 Å². The van der Waals surface area contributed by atoms with Gasteiger partial charge >= 0.3 is 0 Å². The van der Waals surface area contributed by atoms with Gasteiger partial charge in [-0.1, -0.05) is 18.0 Å². The second-order valence-electron chi connectivity index (χ2n) is 4.96. The number of carbonyl (C=O) groups is 1. The van der Waals surface area contributed by atoms with Crippen LogP contribution in [0.5, 0.6) is 0 Å². The van der Waals surface area contributed by atoms with Crippen LogP contribution < -0.4 is 5.73 Å². The smallest absolute Gasteiger partial charge is 0.205 e. The van der Waals surface area contributed by atoms with Crippen molar-refractivity contribution in [2.75, 3.05) is 6.54 Å². The van der Waals surface area contributed by atoms with Crippen molar-refractivity contribution >= 4 is 28.4 Å². The third-order valence-corrected chi connectivity index (χ3v) is 4.12. The minimum Gasteiger partial charge on any atom is -0.453 e. The lowest BCUT2D eigenvalue weighted by atomic mass is 9.65. The van der Waals surface area contributed by atoms with E-state index in [2.05, 4.69) is 0 Å². The van der Waals surface area contributed by atoms with E-state index in [1.807, 2.05) is 0 Å². The summed E-state index contributed by atoms with van der Waals surface area (Å²) in [6.45, 7) is 0.392. The third-order valence-electron chi connectivity index (χ3n) is 3.89. The highest BCUT2D eigenvalue weighted by Gasteiger charge is 2.44. The van der Waals surface area contributed by atoms with Gasteiger partial charge in [0.2, 0.25) is 5.78 Å². The van der Waals surface area contributed by atoms with Crippen molar-refractivity contribution in [2.45, 2.75) is 19.3 Å². The standard InChI is InChI=1S/C14H14ClNO2/c15-10-2-3-11-9(6-10)7-12(18-11)13(17)14(8-16)4-1-5-14/h2-3,6-7H,1,4-5,8,16H2. The lowest BCUT2D eigenvalue weighted by Crippen LogP contribution is -2.44. The normalized spacial score (nSPS) is 17.7. The minimum atomic E-state index is -0.391. The number of carbonyl (C=O) groups excluding carboxylic acids is 1. The Labute approximate surface area is 110 Å². The molecule has 94 valence electrons. The summed E-state index contributed by atoms with van der Waals surface area (Å²) in [5, 5.41) is 1.50. The molecular formula is C14H14ClNO2. The summed E-state index contributed by atoms with van der Waals surface area (Å²) in [4.78, 5) is 12.4. The molecule has 1 aromatic carbocycles. The summed E-state index contributed by atoms with van der Waals surface area (Å²) in [5.74, 6) is 0.431. The van der Waals surface area contributed by atoms with E-state index >= 15 is 0 Å². The highest BCUT2D eigenvalue weighted by Crippen LogP contribution is 2.43. The van der Waals surface area contributed by atoms with E-state index in [0.717, 1.165) is 24.6 Å². The summed E-state index contributed by atoms with van der Waals surface area (Å²) >= 11 is 5.92. The molecule has 1 heterocycles. The molecule has 2 N–H and O–H groups in total. The van der Waals surface area contributed by atoms with Crippen LogP contribution in [0.4, 0.5) is 0 Å². The fourth-order valence-corrected chi connectivity index (χ4v) is 2.70. The number of ketones is 1. The van der Waals surface area contributed by atoms with Gasteiger partial charge in [-0.05, 0) is 37.1 Å². The molecule has 0 radical (unpaired) electrons. The Morgan fingerprint density at radius 1 is 1.39 bits per heavy atom. The first kappa shape index (κ1) is 11.8. The molecule has 0 bridgehead atoms. The minimum absolute atomic E-state index is 0.0311. The number of furan rings is 1. The fourth-order valence-electron chi connectivity index (χ4n) is 2.51. The molecule has 1 aliphatic carbocycles. The van der Waals surface area contributed by atoms with Crippen LogP contribution in [0.15, 0.2) is 28.7 Å². The first-order chi connectivity index (χ1) is 8.64. The number of halogens is 1. The summed E-state index contributed by atoms with van der Waals surface area (Å²) in [7, 11) is 0. The van der Waals surface area contributed by atoms with Crippen LogP contribution in [-0.2, 0) is 0 Å². The Hall–Kier alpha value is -1.32. The molecule has 2 aromatic rings. The van der Waals surface area contributed by atoms with E-state index in [1.54, 1.807) is 24.3 Å². The third kappa shape index (κ3) is 1.66. The van der Waals surface area contributed by atoms with Gasteiger partial charge in [-0.25, -0.2) is 0 Å². The summed E-state index contributed by atoms with van der Waals surface area (Å²) in [5.41, 5.74) is 6.04. The first-order valence-corrected chi connectivity index (χ1v) is 6.46. The van der Waals surface area contributed by atoms with Crippen molar-refractivity contribution in [3.05, 3.63) is 35.0 Å². The quantitative estimate of drug-likeness (QED) is 0.864. The van der Waals surface area contributed by atoms with E-state index < -0.39 is 5.41 Å². The van der Waals surface area contributed by atoms with Gasteiger partial charge in [0.25, 0.3) is 0 Å². The molecule has 0 saturated heterocycles. The van der Waals surface area contributed by atoms with Crippen LogP contribution in [0.1, 0.15) is 29.8 Å². The van der Waals surface area contributed by atoms with Crippen molar-refractivity contribution in [1.82, 2.24) is 0 Å². The topological polar surface area (TPSA) is 56.2 Å². The number of fused-ring (bicyclic) bond motifs is 1. The lowest BCUT2D eigenvalue weighted by molar-refractivity contribution is 0.0606. The molecule has 0 spiro atoms. The zero-order chi connectivity index (χ0) is 12.8. The van der Waals surface area contributed by atoms with Crippen LogP contribution in [-0.4, -0.2) is 12.3 Å².